The van der Waals surface area contributed by atoms with Crippen LogP contribution in [0.15, 0.2) is 59.1 Å². The van der Waals surface area contributed by atoms with Crippen molar-refractivity contribution in [2.45, 2.75) is 45.7 Å². The lowest BCUT2D eigenvalue weighted by Crippen LogP contribution is -2.53. The molecule has 0 aliphatic rings. The summed E-state index contributed by atoms with van der Waals surface area (Å²) in [5, 5.41) is 2.91. The molecule has 0 fully saturated rings. The molecule has 33 heavy (non-hydrogen) atoms. The molecule has 1 N–H and O–H groups in total. The maximum atomic E-state index is 13.4. The number of rotatable bonds is 11. The van der Waals surface area contributed by atoms with Gasteiger partial charge in [0.1, 0.15) is 12.6 Å². The fourth-order valence-electron chi connectivity index (χ4n) is 3.26. The van der Waals surface area contributed by atoms with E-state index < -0.39 is 28.5 Å². The molecule has 0 aliphatic heterocycles. The molecule has 180 valence electrons. The second-order valence-electron chi connectivity index (χ2n) is 8.06. The van der Waals surface area contributed by atoms with Crippen LogP contribution in [0.25, 0.3) is 0 Å². The van der Waals surface area contributed by atoms with Crippen molar-refractivity contribution in [2.75, 3.05) is 23.7 Å². The zero-order valence-electron chi connectivity index (χ0n) is 19.5. The molecule has 0 saturated heterocycles. The third-order valence-electron chi connectivity index (χ3n) is 5.45. The van der Waals surface area contributed by atoms with E-state index in [0.29, 0.717) is 12.1 Å². The monoisotopic (exact) mass is 537 g/mol. The zero-order valence-corrected chi connectivity index (χ0v) is 21.9. The average molecular weight is 539 g/mol. The first kappa shape index (κ1) is 26.9. The number of benzene rings is 2. The van der Waals surface area contributed by atoms with Crippen molar-refractivity contribution >= 4 is 43.5 Å². The highest BCUT2D eigenvalue weighted by Crippen LogP contribution is 2.21. The molecule has 0 heterocycles. The lowest BCUT2D eigenvalue weighted by molar-refractivity contribution is -0.139. The largest absolute Gasteiger partial charge is 0.352 e. The Hall–Kier alpha value is -2.39. The first-order chi connectivity index (χ1) is 15.5. The summed E-state index contributed by atoms with van der Waals surface area (Å²) in [6, 6.07) is 15.6. The molecule has 0 unspecified atom stereocenters. The van der Waals surface area contributed by atoms with Gasteiger partial charge < -0.3 is 10.2 Å². The van der Waals surface area contributed by atoms with Gasteiger partial charge in [0, 0.05) is 17.1 Å². The number of nitrogens with zero attached hydrogens (tertiary/aromatic N) is 2. The van der Waals surface area contributed by atoms with Crippen LogP contribution in [0.2, 0.25) is 0 Å². The van der Waals surface area contributed by atoms with Crippen molar-refractivity contribution in [3.63, 3.8) is 0 Å². The van der Waals surface area contributed by atoms with E-state index in [1.54, 1.807) is 31.2 Å². The predicted molar refractivity (Wildman–Crippen MR) is 136 cm³/mol. The summed E-state index contributed by atoms with van der Waals surface area (Å²) < 4.78 is 26.9. The van der Waals surface area contributed by atoms with Crippen LogP contribution in [0, 0.1) is 0 Å². The Morgan fingerprint density at radius 1 is 1.03 bits per heavy atom. The van der Waals surface area contributed by atoms with Gasteiger partial charge in [0.05, 0.1) is 11.9 Å². The Bertz CT molecular complexity index is 1030. The second kappa shape index (κ2) is 12.2. The molecule has 0 radical (unpaired) electrons. The maximum absolute atomic E-state index is 13.4. The Morgan fingerprint density at radius 3 is 2.18 bits per heavy atom. The molecule has 2 aromatic rings. The van der Waals surface area contributed by atoms with Gasteiger partial charge in [0.25, 0.3) is 0 Å². The highest BCUT2D eigenvalue weighted by molar-refractivity contribution is 9.10. The minimum Gasteiger partial charge on any atom is -0.352 e. The van der Waals surface area contributed by atoms with E-state index in [-0.39, 0.29) is 18.5 Å². The maximum Gasteiger partial charge on any atom is 0.244 e. The molecule has 2 rings (SSSR count). The number of hydrogen-bond acceptors (Lipinski definition) is 4. The predicted octanol–water partition coefficient (Wildman–Crippen LogP) is 3.59. The highest BCUT2D eigenvalue weighted by atomic mass is 79.9. The van der Waals surface area contributed by atoms with Gasteiger partial charge in [-0.1, -0.05) is 53.2 Å². The van der Waals surface area contributed by atoms with Gasteiger partial charge in [-0.25, -0.2) is 8.42 Å². The molecule has 2 aromatic carbocycles. The van der Waals surface area contributed by atoms with Crippen LogP contribution in [-0.4, -0.2) is 56.6 Å². The Balaban J connectivity index is 2.29. The lowest BCUT2D eigenvalue weighted by Gasteiger charge is -2.32. The number of amides is 2. The van der Waals surface area contributed by atoms with Crippen molar-refractivity contribution in [1.82, 2.24) is 10.2 Å². The molecular formula is C24H32BrN3O4S. The number of carbonyl (C=O) groups is 2. The average Bonchev–Trinajstić information content (AvgIpc) is 2.78. The number of nitrogens with one attached hydrogen (secondary N) is 1. The van der Waals surface area contributed by atoms with Crippen LogP contribution < -0.4 is 9.62 Å². The minimum atomic E-state index is -3.73. The van der Waals surface area contributed by atoms with Crippen molar-refractivity contribution < 1.29 is 18.0 Å². The summed E-state index contributed by atoms with van der Waals surface area (Å²) in [7, 11) is -3.73. The molecule has 0 saturated carbocycles. The van der Waals surface area contributed by atoms with Crippen molar-refractivity contribution in [3.8, 4) is 0 Å². The van der Waals surface area contributed by atoms with E-state index in [2.05, 4.69) is 21.2 Å². The first-order valence-electron chi connectivity index (χ1n) is 10.9. The third kappa shape index (κ3) is 8.16. The summed E-state index contributed by atoms with van der Waals surface area (Å²) in [4.78, 5) is 27.7. The minimum absolute atomic E-state index is 0.0266. The van der Waals surface area contributed by atoms with E-state index in [4.69, 9.17) is 0 Å². The molecule has 2 atom stereocenters. The number of anilines is 1. The van der Waals surface area contributed by atoms with Crippen molar-refractivity contribution in [3.05, 3.63) is 64.6 Å². The third-order valence-corrected chi connectivity index (χ3v) is 7.12. The summed E-state index contributed by atoms with van der Waals surface area (Å²) in [6.45, 7) is 5.44. The summed E-state index contributed by atoms with van der Waals surface area (Å²) in [5.74, 6) is -0.702. The highest BCUT2D eigenvalue weighted by Gasteiger charge is 2.30. The lowest BCUT2D eigenvalue weighted by atomic mass is 10.1. The molecule has 7 nitrogen and oxygen atoms in total. The fraction of sp³-hybridized carbons (Fsp3) is 0.417. The SMILES string of the molecule is CC[C@@H](C)NC(=O)[C@@H](C)N(CCc1ccccc1)C(=O)CN(c1ccc(Br)cc1)S(C)(=O)=O. The van der Waals surface area contributed by atoms with Crippen LogP contribution >= 0.6 is 15.9 Å². The molecule has 0 aromatic heterocycles. The van der Waals surface area contributed by atoms with Crippen molar-refractivity contribution in [1.29, 1.82) is 0 Å². The Morgan fingerprint density at radius 2 is 1.64 bits per heavy atom. The van der Waals surface area contributed by atoms with Gasteiger partial charge in [-0.15, -0.1) is 0 Å². The van der Waals surface area contributed by atoms with Gasteiger partial charge in [-0.3, -0.25) is 13.9 Å². The second-order valence-corrected chi connectivity index (χ2v) is 10.9. The molecule has 9 heteroatoms. The van der Waals surface area contributed by atoms with Crippen LogP contribution in [-0.2, 0) is 26.0 Å². The van der Waals surface area contributed by atoms with Gasteiger partial charge in [-0.05, 0) is 56.5 Å². The van der Waals surface area contributed by atoms with E-state index in [0.717, 1.165) is 27.0 Å². The fourth-order valence-corrected chi connectivity index (χ4v) is 4.37. The van der Waals surface area contributed by atoms with E-state index in [9.17, 15) is 18.0 Å². The van der Waals surface area contributed by atoms with Crippen molar-refractivity contribution in [2.24, 2.45) is 0 Å². The number of carbonyl (C=O) groups excluding carboxylic acids is 2. The smallest absolute Gasteiger partial charge is 0.244 e. The van der Waals surface area contributed by atoms with Crippen LogP contribution in [0.3, 0.4) is 0 Å². The van der Waals surface area contributed by atoms with E-state index >= 15 is 0 Å². The molecular weight excluding hydrogens is 506 g/mol. The van der Waals surface area contributed by atoms with Gasteiger partial charge in [0.2, 0.25) is 21.8 Å². The number of halogens is 1. The van der Waals surface area contributed by atoms with Gasteiger partial charge in [-0.2, -0.15) is 0 Å². The van der Waals surface area contributed by atoms with Crippen LogP contribution in [0.4, 0.5) is 5.69 Å². The number of sulfonamides is 1. The zero-order chi connectivity index (χ0) is 24.6. The Kier molecular flexibility index (Phi) is 9.91. The molecule has 0 bridgehead atoms. The molecule has 0 aliphatic carbocycles. The summed E-state index contributed by atoms with van der Waals surface area (Å²) >= 11 is 3.33. The Labute approximate surface area is 205 Å². The molecule has 2 amide bonds. The quantitative estimate of drug-likeness (QED) is 0.474. The van der Waals surface area contributed by atoms with E-state index in [1.165, 1.54) is 4.90 Å². The number of hydrogen-bond donors (Lipinski definition) is 1. The summed E-state index contributed by atoms with van der Waals surface area (Å²) in [6.07, 6.45) is 2.38. The normalized spacial score (nSPS) is 13.1. The van der Waals surface area contributed by atoms with E-state index in [1.807, 2.05) is 44.2 Å². The standard InChI is InChI=1S/C24H32BrN3O4S/c1-5-18(2)26-24(30)19(3)27(16-15-20-9-7-6-8-10-20)23(29)17-28(33(4,31)32)22-13-11-21(25)12-14-22/h6-14,18-19H,5,15-17H2,1-4H3,(H,26,30)/t18-,19-/m1/s1. The van der Waals surface area contributed by atoms with Crippen LogP contribution in [0.1, 0.15) is 32.8 Å². The van der Waals surface area contributed by atoms with Gasteiger partial charge >= 0.3 is 0 Å². The summed E-state index contributed by atoms with van der Waals surface area (Å²) in [5.41, 5.74) is 1.41. The van der Waals surface area contributed by atoms with Gasteiger partial charge in [0.15, 0.2) is 0 Å². The topological polar surface area (TPSA) is 86.8 Å². The first-order valence-corrected chi connectivity index (χ1v) is 13.5. The van der Waals surface area contributed by atoms with Crippen LogP contribution in [0.5, 0.6) is 0 Å². The molecule has 0 spiro atoms.